The Kier molecular flexibility index (Phi) is 5.64. The van der Waals surface area contributed by atoms with Gasteiger partial charge >= 0.3 is 0 Å². The topological polar surface area (TPSA) is 43.6 Å². The predicted octanol–water partition coefficient (Wildman–Crippen LogP) is 6.86. The van der Waals surface area contributed by atoms with E-state index in [1.807, 2.05) is 60.7 Å². The van der Waals surface area contributed by atoms with Gasteiger partial charge in [0.1, 0.15) is 0 Å². The third-order valence-electron chi connectivity index (χ3n) is 7.00. The quantitative estimate of drug-likeness (QED) is 0.256. The second kappa shape index (κ2) is 9.46. The normalized spacial score (nSPS) is 12.9. The van der Waals surface area contributed by atoms with Crippen molar-refractivity contribution in [2.24, 2.45) is 0 Å². The van der Waals surface area contributed by atoms with Crippen molar-refractivity contribution in [1.82, 2.24) is 19.5 Å². The molecule has 0 aliphatic rings. The molecule has 0 aliphatic heterocycles. The van der Waals surface area contributed by atoms with Crippen LogP contribution in [0.25, 0.3) is 62.4 Å². The molecule has 0 amide bonds. The number of para-hydroxylation sites is 1. The fourth-order valence-electron chi connectivity index (χ4n) is 5.18. The van der Waals surface area contributed by atoms with E-state index >= 15 is 0 Å². The number of fused-ring (bicyclic) bond motifs is 2. The van der Waals surface area contributed by atoms with Crippen LogP contribution < -0.4 is 10.4 Å². The highest BCUT2D eigenvalue weighted by Crippen LogP contribution is 2.25. The average molecular weight is 521 g/mol. The summed E-state index contributed by atoms with van der Waals surface area (Å²) in [6.07, 6.45) is 2.18. The molecule has 3 aromatic heterocycles. The Morgan fingerprint density at radius 2 is 1.23 bits per heavy atom. The van der Waals surface area contributed by atoms with Crippen LogP contribution in [0.15, 0.2) is 109 Å². The largest absolute Gasteiger partial charge is 0.276 e. The van der Waals surface area contributed by atoms with Gasteiger partial charge in [-0.25, -0.2) is 4.98 Å². The maximum absolute atomic E-state index is 5.08. The zero-order valence-electron chi connectivity index (χ0n) is 21.4. The van der Waals surface area contributed by atoms with Crippen LogP contribution in [0.5, 0.6) is 0 Å². The first kappa shape index (κ1) is 23.3. The van der Waals surface area contributed by atoms with Gasteiger partial charge in [0.2, 0.25) is 5.95 Å². The van der Waals surface area contributed by atoms with E-state index in [0.717, 1.165) is 42.3 Å². The van der Waals surface area contributed by atoms with Crippen molar-refractivity contribution in [1.29, 1.82) is 0 Å². The van der Waals surface area contributed by atoms with Crippen LogP contribution in [0.1, 0.15) is 6.92 Å². The zero-order valence-corrected chi connectivity index (χ0v) is 22.2. The number of aromatic nitrogens is 4. The van der Waals surface area contributed by atoms with Crippen molar-refractivity contribution in [2.75, 3.05) is 0 Å². The minimum atomic E-state index is 0.582. The molecule has 7 aromatic rings. The molecule has 0 spiro atoms. The molecule has 0 saturated heterocycles. The minimum Gasteiger partial charge on any atom is -0.276 e. The summed E-state index contributed by atoms with van der Waals surface area (Å²) in [6, 6.07) is 37.1. The highest BCUT2D eigenvalue weighted by atomic mass is 32.1. The monoisotopic (exact) mass is 520 g/mol. The summed E-state index contributed by atoms with van der Waals surface area (Å²) in [7, 11) is 0. The molecule has 3 heterocycles. The Morgan fingerprint density at radius 1 is 0.667 bits per heavy atom. The lowest BCUT2D eigenvalue weighted by atomic mass is 10.2. The van der Waals surface area contributed by atoms with E-state index in [0.29, 0.717) is 17.6 Å². The van der Waals surface area contributed by atoms with Gasteiger partial charge in [-0.2, -0.15) is 9.97 Å². The number of benzene rings is 4. The first-order valence-corrected chi connectivity index (χ1v) is 13.7. The van der Waals surface area contributed by atoms with Crippen molar-refractivity contribution >= 4 is 45.0 Å². The van der Waals surface area contributed by atoms with E-state index in [1.165, 1.54) is 10.1 Å². The van der Waals surface area contributed by atoms with Crippen molar-refractivity contribution < 1.29 is 0 Å². The maximum atomic E-state index is 5.08. The van der Waals surface area contributed by atoms with Crippen LogP contribution in [-0.4, -0.2) is 19.5 Å². The molecule has 4 aromatic carbocycles. The van der Waals surface area contributed by atoms with Crippen LogP contribution in [0, 0.1) is 9.88 Å². The summed E-state index contributed by atoms with van der Waals surface area (Å²) < 4.78 is 4.51. The molecule has 39 heavy (non-hydrogen) atoms. The first-order chi connectivity index (χ1) is 19.2. The standard InChI is InChI=1S/C34H24N4S/c1-3-25-27-19-10-12-20-28(27)38(30(25)31-22(2)26-18-11-13-21-29(26)39-31)34-36-32(23-14-6-4-7-15-23)35-33(37-34)24-16-8-5-9-17-24/h3-21H,2H2,1H3/b25-3-,31-30-. The van der Waals surface area contributed by atoms with Gasteiger partial charge in [0.25, 0.3) is 0 Å². The number of nitrogens with zero attached hydrogens (tertiary/aromatic N) is 4. The maximum Gasteiger partial charge on any atom is 0.238 e. The third-order valence-corrected chi connectivity index (χ3v) is 8.22. The van der Waals surface area contributed by atoms with Gasteiger partial charge in [-0.3, -0.25) is 4.57 Å². The smallest absolute Gasteiger partial charge is 0.238 e. The highest BCUT2D eigenvalue weighted by Gasteiger charge is 2.17. The van der Waals surface area contributed by atoms with Gasteiger partial charge in [-0.05, 0) is 29.7 Å². The van der Waals surface area contributed by atoms with Crippen LogP contribution in [-0.2, 0) is 0 Å². The lowest BCUT2D eigenvalue weighted by Crippen LogP contribution is -2.11. The van der Waals surface area contributed by atoms with Crippen LogP contribution in [0.2, 0.25) is 0 Å². The Balaban J connectivity index is 1.69. The van der Waals surface area contributed by atoms with E-state index < -0.39 is 0 Å². The molecule has 0 fully saturated rings. The molecule has 5 heteroatoms. The van der Waals surface area contributed by atoms with E-state index in [9.17, 15) is 0 Å². The fourth-order valence-corrected chi connectivity index (χ4v) is 6.37. The SMILES string of the molecule is C=c1/c(=c2\c(=C/C)c3ccccc3n2-c2nc(-c3ccccc3)nc(-c3ccccc3)n2)sc2ccccc12. The summed E-state index contributed by atoms with van der Waals surface area (Å²) in [6.45, 7) is 6.61. The van der Waals surface area contributed by atoms with Crippen molar-refractivity contribution in [2.45, 2.75) is 6.92 Å². The van der Waals surface area contributed by atoms with Gasteiger partial charge in [-0.15, -0.1) is 11.3 Å². The second-order valence-electron chi connectivity index (χ2n) is 9.32. The van der Waals surface area contributed by atoms with Crippen LogP contribution >= 0.6 is 11.3 Å². The van der Waals surface area contributed by atoms with E-state index in [1.54, 1.807) is 11.3 Å². The Labute approximate surface area is 229 Å². The minimum absolute atomic E-state index is 0.582. The number of hydrogen-bond acceptors (Lipinski definition) is 4. The van der Waals surface area contributed by atoms with E-state index in [4.69, 9.17) is 15.0 Å². The molecule has 0 unspecified atom stereocenters. The zero-order chi connectivity index (χ0) is 26.3. The van der Waals surface area contributed by atoms with Gasteiger partial charge in [0.15, 0.2) is 11.6 Å². The van der Waals surface area contributed by atoms with Crippen molar-refractivity contribution in [3.8, 4) is 28.7 Å². The molecular formula is C34H24N4S. The molecule has 0 saturated carbocycles. The molecule has 0 atom stereocenters. The van der Waals surface area contributed by atoms with Crippen molar-refractivity contribution in [3.05, 3.63) is 130 Å². The lowest BCUT2D eigenvalue weighted by molar-refractivity contribution is 0.911. The van der Waals surface area contributed by atoms with Gasteiger partial charge in [-0.1, -0.05) is 110 Å². The second-order valence-corrected chi connectivity index (χ2v) is 10.4. The molecule has 0 radical (unpaired) electrons. The average Bonchev–Trinajstić information content (AvgIpc) is 3.52. The number of rotatable bonds is 3. The molecule has 0 aliphatic carbocycles. The van der Waals surface area contributed by atoms with Gasteiger partial charge in [0.05, 0.1) is 15.4 Å². The summed E-state index contributed by atoms with van der Waals surface area (Å²) >= 11 is 1.76. The Hall–Kier alpha value is -4.87. The highest BCUT2D eigenvalue weighted by molar-refractivity contribution is 7.17. The summed E-state index contributed by atoms with van der Waals surface area (Å²) in [4.78, 5) is 15.1. The number of hydrogen-bond donors (Lipinski definition) is 0. The van der Waals surface area contributed by atoms with Gasteiger partial charge < -0.3 is 0 Å². The van der Waals surface area contributed by atoms with E-state index in [2.05, 4.69) is 72.7 Å². The molecule has 0 bridgehead atoms. The summed E-state index contributed by atoms with van der Waals surface area (Å²) in [5.74, 6) is 1.85. The van der Waals surface area contributed by atoms with Crippen LogP contribution in [0.3, 0.4) is 0 Å². The van der Waals surface area contributed by atoms with E-state index in [-0.39, 0.29) is 0 Å². The molecular weight excluding hydrogens is 496 g/mol. The molecule has 0 N–H and O–H groups in total. The third kappa shape index (κ3) is 3.87. The Morgan fingerprint density at radius 3 is 1.85 bits per heavy atom. The molecule has 4 nitrogen and oxygen atoms in total. The fraction of sp³-hybridized carbons (Fsp3) is 0.0294. The Bertz CT molecular complexity index is 2140. The van der Waals surface area contributed by atoms with Crippen LogP contribution in [0.4, 0.5) is 0 Å². The summed E-state index contributed by atoms with van der Waals surface area (Å²) in [5, 5.41) is 5.53. The predicted molar refractivity (Wildman–Crippen MR) is 162 cm³/mol. The molecule has 7 rings (SSSR count). The number of thiophene rings is 1. The summed E-state index contributed by atoms with van der Waals surface area (Å²) in [5.41, 5.74) is 2.93. The molecule has 186 valence electrons. The van der Waals surface area contributed by atoms with Crippen molar-refractivity contribution in [3.63, 3.8) is 0 Å². The van der Waals surface area contributed by atoms with Gasteiger partial charge in [0, 0.05) is 26.4 Å². The lowest BCUT2D eigenvalue weighted by Gasteiger charge is -2.10. The first-order valence-electron chi connectivity index (χ1n) is 12.9.